The van der Waals surface area contributed by atoms with Crippen molar-refractivity contribution in [1.82, 2.24) is 0 Å². The molecule has 0 saturated carbocycles. The summed E-state index contributed by atoms with van der Waals surface area (Å²) in [7, 11) is 0. The highest BCUT2D eigenvalue weighted by atomic mass is 32.1. The minimum absolute atomic E-state index is 0.174. The van der Waals surface area contributed by atoms with Crippen LogP contribution in [0.25, 0.3) is 11.6 Å². The number of esters is 1. The van der Waals surface area contributed by atoms with Gasteiger partial charge in [0.15, 0.2) is 12.4 Å². The van der Waals surface area contributed by atoms with Gasteiger partial charge in [-0.2, -0.15) is 0 Å². The van der Waals surface area contributed by atoms with E-state index in [0.717, 1.165) is 15.8 Å². The van der Waals surface area contributed by atoms with Crippen LogP contribution in [-0.2, 0) is 9.53 Å². The Hall–Kier alpha value is -2.57. The molecule has 25 heavy (non-hydrogen) atoms. The molecule has 0 atom stereocenters. The topological polar surface area (TPSA) is 43.4 Å². The number of hydrogen-bond donors (Lipinski definition) is 0. The number of hydrogen-bond acceptors (Lipinski definition) is 5. The highest BCUT2D eigenvalue weighted by molar-refractivity contribution is 7.12. The van der Waals surface area contributed by atoms with E-state index in [0.29, 0.717) is 5.57 Å². The zero-order valence-electron chi connectivity index (χ0n) is 13.0. The van der Waals surface area contributed by atoms with Crippen molar-refractivity contribution in [1.29, 1.82) is 0 Å². The Labute approximate surface area is 152 Å². The van der Waals surface area contributed by atoms with Gasteiger partial charge in [0, 0.05) is 15.3 Å². The first-order valence-corrected chi connectivity index (χ1v) is 9.14. The van der Waals surface area contributed by atoms with Crippen LogP contribution >= 0.6 is 22.7 Å². The third-order valence-electron chi connectivity index (χ3n) is 3.32. The molecule has 0 N–H and O–H groups in total. The SMILES string of the molecule is O=C(OCC(=O)c1cccc(F)c1)/C(=C/c1cccs1)c1cccs1. The second-order valence-corrected chi connectivity index (χ2v) is 6.99. The van der Waals surface area contributed by atoms with Gasteiger partial charge < -0.3 is 4.74 Å². The highest BCUT2D eigenvalue weighted by Gasteiger charge is 2.17. The second kappa shape index (κ2) is 8.00. The molecule has 0 amide bonds. The summed E-state index contributed by atoms with van der Waals surface area (Å²) in [6, 6.07) is 12.7. The third kappa shape index (κ3) is 4.49. The van der Waals surface area contributed by atoms with Gasteiger partial charge in [-0.15, -0.1) is 22.7 Å². The van der Waals surface area contributed by atoms with Gasteiger partial charge in [-0.3, -0.25) is 4.79 Å². The molecule has 0 unspecified atom stereocenters. The number of carbonyl (C=O) groups excluding carboxylic acids is 2. The van der Waals surface area contributed by atoms with Gasteiger partial charge in [-0.1, -0.05) is 24.3 Å². The number of Topliss-reactive ketones (excluding diaryl/α,β-unsaturated/α-hetero) is 1. The predicted octanol–water partition coefficient (Wildman–Crippen LogP) is 4.92. The molecular weight excluding hydrogens is 359 g/mol. The van der Waals surface area contributed by atoms with Gasteiger partial charge in [0.2, 0.25) is 0 Å². The number of benzene rings is 1. The molecule has 0 aliphatic heterocycles. The Morgan fingerprint density at radius 1 is 1.04 bits per heavy atom. The average molecular weight is 372 g/mol. The van der Waals surface area contributed by atoms with Crippen LogP contribution in [0.3, 0.4) is 0 Å². The molecule has 126 valence electrons. The molecule has 3 aromatic rings. The Bertz CT molecular complexity index is 897. The first-order chi connectivity index (χ1) is 12.1. The lowest BCUT2D eigenvalue weighted by Gasteiger charge is -2.07. The molecule has 6 heteroatoms. The molecule has 2 aromatic heterocycles. The van der Waals surface area contributed by atoms with E-state index in [-0.39, 0.29) is 5.56 Å². The van der Waals surface area contributed by atoms with Gasteiger partial charge in [-0.25, -0.2) is 9.18 Å². The summed E-state index contributed by atoms with van der Waals surface area (Å²) in [4.78, 5) is 26.2. The van der Waals surface area contributed by atoms with Crippen molar-refractivity contribution in [2.45, 2.75) is 0 Å². The van der Waals surface area contributed by atoms with E-state index < -0.39 is 24.2 Å². The van der Waals surface area contributed by atoms with E-state index in [9.17, 15) is 14.0 Å². The fourth-order valence-electron chi connectivity index (χ4n) is 2.13. The van der Waals surface area contributed by atoms with Gasteiger partial charge in [0.25, 0.3) is 0 Å². The van der Waals surface area contributed by atoms with E-state index in [1.807, 2.05) is 35.0 Å². The van der Waals surface area contributed by atoms with Crippen molar-refractivity contribution in [2.24, 2.45) is 0 Å². The maximum atomic E-state index is 13.2. The average Bonchev–Trinajstić information content (AvgIpc) is 3.30. The van der Waals surface area contributed by atoms with Crippen molar-refractivity contribution in [3.05, 3.63) is 80.4 Å². The normalized spacial score (nSPS) is 11.3. The molecule has 0 spiro atoms. The summed E-state index contributed by atoms with van der Waals surface area (Å²) in [5.74, 6) is -1.54. The number of thiophene rings is 2. The molecule has 0 saturated heterocycles. The van der Waals surface area contributed by atoms with Crippen LogP contribution in [-0.4, -0.2) is 18.4 Å². The monoisotopic (exact) mass is 372 g/mol. The zero-order chi connectivity index (χ0) is 17.6. The predicted molar refractivity (Wildman–Crippen MR) is 98.2 cm³/mol. The lowest BCUT2D eigenvalue weighted by atomic mass is 10.1. The van der Waals surface area contributed by atoms with Crippen LogP contribution in [0.15, 0.2) is 59.3 Å². The fourth-order valence-corrected chi connectivity index (χ4v) is 3.52. The number of rotatable bonds is 6. The summed E-state index contributed by atoms with van der Waals surface area (Å²) in [5.41, 5.74) is 0.567. The van der Waals surface area contributed by atoms with E-state index >= 15 is 0 Å². The molecule has 0 aliphatic carbocycles. The maximum Gasteiger partial charge on any atom is 0.340 e. The van der Waals surface area contributed by atoms with Crippen LogP contribution in [0.5, 0.6) is 0 Å². The molecule has 0 fully saturated rings. The number of ketones is 1. The molecule has 0 bridgehead atoms. The van der Waals surface area contributed by atoms with E-state index in [1.165, 1.54) is 40.9 Å². The van der Waals surface area contributed by atoms with Gasteiger partial charge in [0.05, 0.1) is 5.57 Å². The number of carbonyl (C=O) groups is 2. The molecular formula is C19H13FO3S2. The molecule has 1 aromatic carbocycles. The molecule has 2 heterocycles. The highest BCUT2D eigenvalue weighted by Crippen LogP contribution is 2.25. The Kier molecular flexibility index (Phi) is 5.53. The minimum Gasteiger partial charge on any atom is -0.454 e. The summed E-state index contributed by atoms with van der Waals surface area (Å²) >= 11 is 2.92. The van der Waals surface area contributed by atoms with Gasteiger partial charge >= 0.3 is 5.97 Å². The number of ether oxygens (including phenoxy) is 1. The molecule has 3 rings (SSSR count). The second-order valence-electron chi connectivity index (χ2n) is 5.06. The van der Waals surface area contributed by atoms with E-state index in [2.05, 4.69) is 0 Å². The van der Waals surface area contributed by atoms with Crippen LogP contribution < -0.4 is 0 Å². The van der Waals surface area contributed by atoms with Crippen molar-refractivity contribution >= 4 is 46.1 Å². The summed E-state index contributed by atoms with van der Waals surface area (Å²) in [6.45, 7) is -0.435. The summed E-state index contributed by atoms with van der Waals surface area (Å²) < 4.78 is 18.4. The Balaban J connectivity index is 1.74. The Morgan fingerprint density at radius 3 is 2.52 bits per heavy atom. The largest absolute Gasteiger partial charge is 0.454 e. The maximum absolute atomic E-state index is 13.2. The van der Waals surface area contributed by atoms with Crippen molar-refractivity contribution in [2.75, 3.05) is 6.61 Å². The summed E-state index contributed by atoms with van der Waals surface area (Å²) in [6.07, 6.45) is 1.74. The van der Waals surface area contributed by atoms with E-state index in [4.69, 9.17) is 4.74 Å². The first-order valence-electron chi connectivity index (χ1n) is 7.38. The zero-order valence-corrected chi connectivity index (χ0v) is 14.6. The lowest BCUT2D eigenvalue weighted by Crippen LogP contribution is -2.15. The molecule has 0 radical (unpaired) electrons. The quantitative estimate of drug-likeness (QED) is 0.351. The minimum atomic E-state index is -0.583. The van der Waals surface area contributed by atoms with Crippen molar-refractivity contribution in [3.63, 3.8) is 0 Å². The fraction of sp³-hybridized carbons (Fsp3) is 0.0526. The lowest BCUT2D eigenvalue weighted by molar-refractivity contribution is -0.135. The Morgan fingerprint density at radius 2 is 1.84 bits per heavy atom. The van der Waals surface area contributed by atoms with Crippen LogP contribution in [0.2, 0.25) is 0 Å². The van der Waals surface area contributed by atoms with Crippen molar-refractivity contribution < 1.29 is 18.7 Å². The van der Waals surface area contributed by atoms with E-state index in [1.54, 1.807) is 6.08 Å². The molecule has 3 nitrogen and oxygen atoms in total. The molecule has 0 aliphatic rings. The third-order valence-corrected chi connectivity index (χ3v) is 5.04. The smallest absolute Gasteiger partial charge is 0.340 e. The van der Waals surface area contributed by atoms with Crippen molar-refractivity contribution in [3.8, 4) is 0 Å². The van der Waals surface area contributed by atoms with Gasteiger partial charge in [-0.05, 0) is 41.1 Å². The number of halogens is 1. The standard InChI is InChI=1S/C19H13FO3S2/c20-14-5-1-4-13(10-14)17(21)12-23-19(22)16(18-7-3-9-25-18)11-15-6-2-8-24-15/h1-11H,12H2/b16-11+. The van der Waals surface area contributed by atoms with Crippen LogP contribution in [0.4, 0.5) is 4.39 Å². The first kappa shape index (κ1) is 17.3. The van der Waals surface area contributed by atoms with Crippen LogP contribution in [0, 0.1) is 5.82 Å². The summed E-state index contributed by atoms with van der Waals surface area (Å²) in [5, 5.41) is 3.78. The van der Waals surface area contributed by atoms with Crippen LogP contribution in [0.1, 0.15) is 20.1 Å². The van der Waals surface area contributed by atoms with Gasteiger partial charge in [0.1, 0.15) is 5.82 Å².